The Morgan fingerprint density at radius 3 is 2.00 bits per heavy atom. The molecule has 2 saturated heterocycles. The summed E-state index contributed by atoms with van der Waals surface area (Å²) >= 11 is 0. The van der Waals surface area contributed by atoms with Crippen LogP contribution in [0.15, 0.2) is 84.9 Å². The van der Waals surface area contributed by atoms with Crippen molar-refractivity contribution >= 4 is 23.5 Å². The summed E-state index contributed by atoms with van der Waals surface area (Å²) in [7, 11) is 0. The average molecular weight is 526 g/mol. The van der Waals surface area contributed by atoms with Gasteiger partial charge in [-0.15, -0.1) is 0 Å². The van der Waals surface area contributed by atoms with Crippen molar-refractivity contribution in [2.75, 3.05) is 37.7 Å². The van der Waals surface area contributed by atoms with Crippen LogP contribution in [0, 0.1) is 0 Å². The van der Waals surface area contributed by atoms with E-state index in [9.17, 15) is 14.4 Å². The monoisotopic (exact) mass is 525 g/mol. The molecular weight excluding hydrogens is 490 g/mol. The molecule has 1 unspecified atom stereocenters. The van der Waals surface area contributed by atoms with Crippen molar-refractivity contribution in [3.8, 4) is 0 Å². The third-order valence-corrected chi connectivity index (χ3v) is 7.60. The molecule has 0 radical (unpaired) electrons. The lowest BCUT2D eigenvalue weighted by Crippen LogP contribution is -2.53. The SMILES string of the molecule is CCCCOC(=O)c1ccc(N2C(=O)CC(N3CCN(C(c4ccccc4)c4ccccc4)CC3)C2=O)cc1. The van der Waals surface area contributed by atoms with Gasteiger partial charge in [0, 0.05) is 26.2 Å². The molecule has 2 amide bonds. The molecule has 7 heteroatoms. The van der Waals surface area contributed by atoms with E-state index in [0.717, 1.165) is 25.9 Å². The standard InChI is InChI=1S/C32H35N3O4/c1-2-3-22-39-32(38)26-14-16-27(17-15-26)35-29(36)23-28(31(35)37)33-18-20-34(21-19-33)30(24-10-6-4-7-11-24)25-12-8-5-9-13-25/h4-17,28,30H,2-3,18-23H2,1H3. The van der Waals surface area contributed by atoms with Gasteiger partial charge in [0.05, 0.1) is 36.4 Å². The highest BCUT2D eigenvalue weighted by Crippen LogP contribution is 2.31. The molecule has 2 fully saturated rings. The second-order valence-corrected chi connectivity index (χ2v) is 10.1. The van der Waals surface area contributed by atoms with Crippen molar-refractivity contribution in [1.82, 2.24) is 9.80 Å². The normalized spacial score (nSPS) is 18.6. The minimum Gasteiger partial charge on any atom is -0.462 e. The predicted octanol–water partition coefficient (Wildman–Crippen LogP) is 4.68. The van der Waals surface area contributed by atoms with Gasteiger partial charge < -0.3 is 4.74 Å². The van der Waals surface area contributed by atoms with E-state index in [0.29, 0.717) is 30.9 Å². The van der Waals surface area contributed by atoms with Crippen molar-refractivity contribution in [3.63, 3.8) is 0 Å². The van der Waals surface area contributed by atoms with Gasteiger partial charge in [-0.05, 0) is 41.8 Å². The molecule has 2 aliphatic heterocycles. The zero-order valence-electron chi connectivity index (χ0n) is 22.4. The summed E-state index contributed by atoms with van der Waals surface area (Å²) in [5.74, 6) is -0.805. The van der Waals surface area contributed by atoms with E-state index in [-0.39, 0.29) is 24.3 Å². The highest BCUT2D eigenvalue weighted by atomic mass is 16.5. The minimum absolute atomic E-state index is 0.138. The van der Waals surface area contributed by atoms with Crippen LogP contribution in [0.2, 0.25) is 0 Å². The van der Waals surface area contributed by atoms with Gasteiger partial charge in [-0.25, -0.2) is 9.69 Å². The largest absolute Gasteiger partial charge is 0.462 e. The Morgan fingerprint density at radius 2 is 1.44 bits per heavy atom. The Morgan fingerprint density at radius 1 is 0.846 bits per heavy atom. The summed E-state index contributed by atoms with van der Waals surface area (Å²) in [6.45, 7) is 5.41. The van der Waals surface area contributed by atoms with E-state index >= 15 is 0 Å². The molecule has 7 nitrogen and oxygen atoms in total. The molecule has 3 aromatic carbocycles. The van der Waals surface area contributed by atoms with Gasteiger partial charge in [-0.2, -0.15) is 0 Å². The molecule has 202 valence electrons. The molecule has 3 aromatic rings. The molecule has 0 aliphatic carbocycles. The topological polar surface area (TPSA) is 70.2 Å². The minimum atomic E-state index is -0.467. The Bertz CT molecular complexity index is 1230. The van der Waals surface area contributed by atoms with Crippen LogP contribution >= 0.6 is 0 Å². The lowest BCUT2D eigenvalue weighted by atomic mass is 9.96. The van der Waals surface area contributed by atoms with Gasteiger partial charge in [0.25, 0.3) is 5.91 Å². The molecule has 5 rings (SSSR count). The lowest BCUT2D eigenvalue weighted by Gasteiger charge is -2.41. The number of carbonyl (C=O) groups is 3. The van der Waals surface area contributed by atoms with Crippen molar-refractivity contribution < 1.29 is 19.1 Å². The lowest BCUT2D eigenvalue weighted by molar-refractivity contribution is -0.123. The number of piperazine rings is 1. The zero-order chi connectivity index (χ0) is 27.2. The van der Waals surface area contributed by atoms with Crippen molar-refractivity contribution in [1.29, 1.82) is 0 Å². The number of hydrogen-bond donors (Lipinski definition) is 0. The number of ether oxygens (including phenoxy) is 1. The first-order valence-corrected chi connectivity index (χ1v) is 13.8. The van der Waals surface area contributed by atoms with E-state index in [1.165, 1.54) is 16.0 Å². The molecule has 0 saturated carbocycles. The molecule has 0 aromatic heterocycles. The van der Waals surface area contributed by atoms with Crippen LogP contribution < -0.4 is 4.90 Å². The van der Waals surface area contributed by atoms with Crippen LogP contribution in [0.3, 0.4) is 0 Å². The smallest absolute Gasteiger partial charge is 0.338 e. The maximum absolute atomic E-state index is 13.4. The van der Waals surface area contributed by atoms with Crippen molar-refractivity contribution in [2.24, 2.45) is 0 Å². The third kappa shape index (κ3) is 5.95. The summed E-state index contributed by atoms with van der Waals surface area (Å²) in [6.07, 6.45) is 1.93. The number of rotatable bonds is 9. The van der Waals surface area contributed by atoms with Gasteiger partial charge in [0.15, 0.2) is 0 Å². The van der Waals surface area contributed by atoms with Crippen LogP contribution in [-0.4, -0.2) is 66.4 Å². The third-order valence-electron chi connectivity index (χ3n) is 7.60. The summed E-state index contributed by atoms with van der Waals surface area (Å²) in [6, 6.07) is 27.2. The molecular formula is C32H35N3O4. The van der Waals surface area contributed by atoms with E-state index < -0.39 is 12.0 Å². The number of nitrogens with zero attached hydrogens (tertiary/aromatic N) is 3. The first-order chi connectivity index (χ1) is 19.1. The van der Waals surface area contributed by atoms with E-state index in [2.05, 4.69) is 58.3 Å². The maximum atomic E-state index is 13.4. The molecule has 0 spiro atoms. The summed E-state index contributed by atoms with van der Waals surface area (Å²) in [5.41, 5.74) is 3.39. The van der Waals surface area contributed by atoms with E-state index in [1.807, 2.05) is 19.1 Å². The highest BCUT2D eigenvalue weighted by molar-refractivity contribution is 6.22. The van der Waals surface area contributed by atoms with Crippen LogP contribution in [0.4, 0.5) is 5.69 Å². The van der Waals surface area contributed by atoms with Gasteiger partial charge >= 0.3 is 5.97 Å². The molecule has 1 atom stereocenters. The van der Waals surface area contributed by atoms with Gasteiger partial charge in [0.2, 0.25) is 5.91 Å². The second kappa shape index (κ2) is 12.4. The first kappa shape index (κ1) is 26.8. The molecule has 2 heterocycles. The Balaban J connectivity index is 1.24. The summed E-state index contributed by atoms with van der Waals surface area (Å²) < 4.78 is 5.26. The second-order valence-electron chi connectivity index (χ2n) is 10.1. The zero-order valence-corrected chi connectivity index (χ0v) is 22.4. The van der Waals surface area contributed by atoms with Crippen LogP contribution in [0.25, 0.3) is 0 Å². The summed E-state index contributed by atoms with van der Waals surface area (Å²) in [4.78, 5) is 44.5. The number of amides is 2. The number of esters is 1. The fraction of sp³-hybridized carbons (Fsp3) is 0.344. The fourth-order valence-corrected chi connectivity index (χ4v) is 5.50. The maximum Gasteiger partial charge on any atom is 0.338 e. The molecule has 0 N–H and O–H groups in total. The van der Waals surface area contributed by atoms with Crippen molar-refractivity contribution in [2.45, 2.75) is 38.3 Å². The summed E-state index contributed by atoms with van der Waals surface area (Å²) in [5, 5.41) is 0. The number of imide groups is 1. The number of hydrogen-bond acceptors (Lipinski definition) is 6. The fourth-order valence-electron chi connectivity index (χ4n) is 5.50. The van der Waals surface area contributed by atoms with Crippen LogP contribution in [0.1, 0.15) is 53.7 Å². The van der Waals surface area contributed by atoms with E-state index in [1.54, 1.807) is 24.3 Å². The molecule has 0 bridgehead atoms. The van der Waals surface area contributed by atoms with Crippen LogP contribution in [-0.2, 0) is 14.3 Å². The molecule has 2 aliphatic rings. The quantitative estimate of drug-likeness (QED) is 0.230. The first-order valence-electron chi connectivity index (χ1n) is 13.8. The highest BCUT2D eigenvalue weighted by Gasteiger charge is 2.43. The Hall–Kier alpha value is -3.81. The average Bonchev–Trinajstić information content (AvgIpc) is 3.28. The number of unbranched alkanes of at least 4 members (excludes halogenated alkanes) is 1. The van der Waals surface area contributed by atoms with Crippen molar-refractivity contribution in [3.05, 3.63) is 102 Å². The Labute approximate surface area is 230 Å². The Kier molecular flexibility index (Phi) is 8.49. The van der Waals surface area contributed by atoms with Gasteiger partial charge in [0.1, 0.15) is 0 Å². The predicted molar refractivity (Wildman–Crippen MR) is 150 cm³/mol. The van der Waals surface area contributed by atoms with Crippen LogP contribution in [0.5, 0.6) is 0 Å². The number of benzene rings is 3. The van der Waals surface area contributed by atoms with E-state index in [4.69, 9.17) is 4.74 Å². The number of carbonyl (C=O) groups excluding carboxylic acids is 3. The molecule has 39 heavy (non-hydrogen) atoms. The van der Waals surface area contributed by atoms with Gasteiger partial charge in [-0.1, -0.05) is 74.0 Å². The van der Waals surface area contributed by atoms with Gasteiger partial charge in [-0.3, -0.25) is 19.4 Å². The number of anilines is 1.